The van der Waals surface area contributed by atoms with Crippen LogP contribution in [0.1, 0.15) is 49.8 Å². The molecule has 0 bridgehead atoms. The molecule has 0 radical (unpaired) electrons. The van der Waals surface area contributed by atoms with Crippen molar-refractivity contribution in [3.63, 3.8) is 0 Å². The first-order valence-electron chi connectivity index (χ1n) is 6.73. The molecule has 1 aromatic carbocycles. The monoisotopic (exact) mass is 231 g/mol. The van der Waals surface area contributed by atoms with Crippen LogP contribution in [0.3, 0.4) is 0 Å². The highest BCUT2D eigenvalue weighted by atomic mass is 16.5. The molecule has 1 aromatic rings. The van der Waals surface area contributed by atoms with Crippen molar-refractivity contribution >= 4 is 0 Å². The van der Waals surface area contributed by atoms with Gasteiger partial charge in [-0.2, -0.15) is 0 Å². The van der Waals surface area contributed by atoms with Crippen LogP contribution in [0.5, 0.6) is 0 Å². The Labute approximate surface area is 103 Å². The third-order valence-electron chi connectivity index (χ3n) is 4.07. The fraction of sp³-hybridized carbons (Fsp3) is 0.600. The number of rotatable bonds is 2. The average Bonchev–Trinajstić information content (AvgIpc) is 3.17. The smallest absolute Gasteiger partial charge is 0.0956 e. The van der Waals surface area contributed by atoms with E-state index in [1.54, 1.807) is 0 Å². The lowest BCUT2D eigenvalue weighted by molar-refractivity contribution is -0.0512. The molecule has 2 nitrogen and oxygen atoms in total. The Bertz CT molecular complexity index is 400. The molecule has 0 amide bonds. The van der Waals surface area contributed by atoms with Gasteiger partial charge in [0.1, 0.15) is 0 Å². The van der Waals surface area contributed by atoms with E-state index in [-0.39, 0.29) is 6.10 Å². The lowest BCUT2D eigenvalue weighted by Gasteiger charge is -2.35. The van der Waals surface area contributed by atoms with Crippen molar-refractivity contribution in [2.24, 2.45) is 0 Å². The Kier molecular flexibility index (Phi) is 2.93. The van der Waals surface area contributed by atoms with Crippen LogP contribution >= 0.6 is 0 Å². The molecule has 1 aliphatic heterocycles. The van der Waals surface area contributed by atoms with E-state index in [2.05, 4.69) is 43.4 Å². The summed E-state index contributed by atoms with van der Waals surface area (Å²) in [7, 11) is 0. The van der Waals surface area contributed by atoms with Crippen LogP contribution in [0.25, 0.3) is 0 Å². The third-order valence-corrected chi connectivity index (χ3v) is 4.07. The van der Waals surface area contributed by atoms with Crippen molar-refractivity contribution in [2.45, 2.75) is 50.9 Å². The average molecular weight is 231 g/mol. The molecule has 2 fully saturated rings. The minimum atomic E-state index is 0.234. The Balaban J connectivity index is 1.83. The highest BCUT2D eigenvalue weighted by molar-refractivity contribution is 5.35. The van der Waals surface area contributed by atoms with Gasteiger partial charge in [0.2, 0.25) is 0 Å². The summed E-state index contributed by atoms with van der Waals surface area (Å²) in [6, 6.07) is 9.26. The maximum absolute atomic E-state index is 6.14. The number of nitrogens with one attached hydrogen (secondary N) is 1. The van der Waals surface area contributed by atoms with E-state index in [0.29, 0.717) is 12.1 Å². The second-order valence-corrected chi connectivity index (χ2v) is 5.43. The van der Waals surface area contributed by atoms with E-state index in [0.717, 1.165) is 12.5 Å². The molecule has 1 aliphatic carbocycles. The van der Waals surface area contributed by atoms with E-state index in [9.17, 15) is 0 Å². The molecule has 1 heterocycles. The second-order valence-electron chi connectivity index (χ2n) is 5.43. The molecule has 3 atom stereocenters. The lowest BCUT2D eigenvalue weighted by Crippen LogP contribution is -2.46. The van der Waals surface area contributed by atoms with Crippen molar-refractivity contribution in [2.75, 3.05) is 6.54 Å². The predicted molar refractivity (Wildman–Crippen MR) is 69.2 cm³/mol. The quantitative estimate of drug-likeness (QED) is 0.845. The van der Waals surface area contributed by atoms with Crippen LogP contribution in [0.2, 0.25) is 0 Å². The maximum Gasteiger partial charge on any atom is 0.0956 e. The molecular formula is C15H21NO. The zero-order valence-corrected chi connectivity index (χ0v) is 10.6. The number of hydrogen-bond donors (Lipinski definition) is 1. The summed E-state index contributed by atoms with van der Waals surface area (Å²) in [5.41, 5.74) is 2.92. The number of hydrogen-bond acceptors (Lipinski definition) is 2. The van der Waals surface area contributed by atoms with Crippen molar-refractivity contribution in [1.82, 2.24) is 5.32 Å². The van der Waals surface area contributed by atoms with Gasteiger partial charge in [-0.25, -0.2) is 0 Å². The number of ether oxygens (including phenoxy) is 1. The van der Waals surface area contributed by atoms with Crippen LogP contribution < -0.4 is 5.32 Å². The first kappa shape index (κ1) is 11.2. The number of morpholine rings is 1. The highest BCUT2D eigenvalue weighted by Crippen LogP contribution is 2.43. The van der Waals surface area contributed by atoms with Crippen molar-refractivity contribution < 1.29 is 4.74 Å². The predicted octanol–water partition coefficient (Wildman–Crippen LogP) is 3.00. The van der Waals surface area contributed by atoms with Gasteiger partial charge in [-0.15, -0.1) is 0 Å². The summed E-state index contributed by atoms with van der Waals surface area (Å²) in [6.07, 6.45) is 3.23. The van der Waals surface area contributed by atoms with E-state index in [1.165, 1.54) is 24.0 Å². The summed E-state index contributed by atoms with van der Waals surface area (Å²) in [5.74, 6) is 0.796. The van der Waals surface area contributed by atoms with E-state index in [1.807, 2.05) is 0 Å². The Morgan fingerprint density at radius 1 is 1.12 bits per heavy atom. The third kappa shape index (κ3) is 2.24. The Morgan fingerprint density at radius 3 is 2.47 bits per heavy atom. The molecule has 0 aromatic heterocycles. The SMILES string of the molecule is CC1NCC(c2ccccc2C2CC2)OC1C. The van der Waals surface area contributed by atoms with E-state index >= 15 is 0 Å². The summed E-state index contributed by atoms with van der Waals surface area (Å²) < 4.78 is 6.14. The molecule has 17 heavy (non-hydrogen) atoms. The zero-order chi connectivity index (χ0) is 11.8. The molecule has 0 spiro atoms. The fourth-order valence-electron chi connectivity index (χ4n) is 2.64. The van der Waals surface area contributed by atoms with Crippen LogP contribution in [0, 0.1) is 0 Å². The molecule has 2 heteroatoms. The Morgan fingerprint density at radius 2 is 1.82 bits per heavy atom. The molecule has 92 valence electrons. The van der Waals surface area contributed by atoms with Gasteiger partial charge in [0.05, 0.1) is 12.2 Å². The van der Waals surface area contributed by atoms with Crippen LogP contribution in [0.4, 0.5) is 0 Å². The molecule has 2 aliphatic rings. The highest BCUT2D eigenvalue weighted by Gasteiger charge is 2.31. The van der Waals surface area contributed by atoms with E-state index < -0.39 is 0 Å². The maximum atomic E-state index is 6.14. The molecule has 1 N–H and O–H groups in total. The van der Waals surface area contributed by atoms with Gasteiger partial charge in [0.15, 0.2) is 0 Å². The molecule has 3 unspecified atom stereocenters. The van der Waals surface area contributed by atoms with Gasteiger partial charge in [-0.3, -0.25) is 0 Å². The standard InChI is InChI=1S/C15H21NO/c1-10-11(2)17-15(9-16-10)14-6-4-3-5-13(14)12-7-8-12/h3-6,10-12,15-16H,7-9H2,1-2H3. The van der Waals surface area contributed by atoms with Gasteiger partial charge < -0.3 is 10.1 Å². The first-order chi connectivity index (χ1) is 8.25. The van der Waals surface area contributed by atoms with Gasteiger partial charge in [0, 0.05) is 12.6 Å². The van der Waals surface area contributed by atoms with Gasteiger partial charge >= 0.3 is 0 Å². The van der Waals surface area contributed by atoms with Crippen LogP contribution in [-0.2, 0) is 4.74 Å². The summed E-state index contributed by atoms with van der Waals surface area (Å²) >= 11 is 0. The van der Waals surface area contributed by atoms with Crippen molar-refractivity contribution in [1.29, 1.82) is 0 Å². The first-order valence-corrected chi connectivity index (χ1v) is 6.73. The van der Waals surface area contributed by atoms with Crippen molar-refractivity contribution in [3.05, 3.63) is 35.4 Å². The molecular weight excluding hydrogens is 210 g/mol. The lowest BCUT2D eigenvalue weighted by atomic mass is 9.97. The summed E-state index contributed by atoms with van der Waals surface area (Å²) in [4.78, 5) is 0. The number of benzene rings is 1. The topological polar surface area (TPSA) is 21.3 Å². The fourth-order valence-corrected chi connectivity index (χ4v) is 2.64. The minimum Gasteiger partial charge on any atom is -0.368 e. The van der Waals surface area contributed by atoms with Crippen LogP contribution in [-0.4, -0.2) is 18.7 Å². The van der Waals surface area contributed by atoms with Crippen molar-refractivity contribution in [3.8, 4) is 0 Å². The van der Waals surface area contributed by atoms with Gasteiger partial charge in [-0.1, -0.05) is 24.3 Å². The van der Waals surface area contributed by atoms with E-state index in [4.69, 9.17) is 4.74 Å². The largest absolute Gasteiger partial charge is 0.368 e. The van der Waals surface area contributed by atoms with Gasteiger partial charge in [-0.05, 0) is 43.7 Å². The molecule has 1 saturated heterocycles. The summed E-state index contributed by atoms with van der Waals surface area (Å²) in [5, 5.41) is 3.54. The molecule has 3 rings (SSSR count). The molecule has 1 saturated carbocycles. The van der Waals surface area contributed by atoms with Gasteiger partial charge in [0.25, 0.3) is 0 Å². The summed E-state index contributed by atoms with van der Waals surface area (Å²) in [6.45, 7) is 5.28. The minimum absolute atomic E-state index is 0.234. The Hall–Kier alpha value is -0.860. The second kappa shape index (κ2) is 4.43. The zero-order valence-electron chi connectivity index (χ0n) is 10.6. The normalized spacial score (nSPS) is 33.6. The van der Waals surface area contributed by atoms with Crippen LogP contribution in [0.15, 0.2) is 24.3 Å².